The summed E-state index contributed by atoms with van der Waals surface area (Å²) in [5, 5.41) is 9.53. The highest BCUT2D eigenvalue weighted by Gasteiger charge is 2.29. The number of carbonyl (C=O) groups excluding carboxylic acids is 1. The normalized spacial score (nSPS) is 16.5. The van der Waals surface area contributed by atoms with Crippen LogP contribution in [0.2, 0.25) is 0 Å². The molecule has 104 valence electrons. The molecule has 6 heteroatoms. The molecule has 2 aromatic rings. The van der Waals surface area contributed by atoms with Crippen molar-refractivity contribution < 1.29 is 9.53 Å². The van der Waals surface area contributed by atoms with E-state index in [4.69, 9.17) is 4.74 Å². The molecule has 1 atom stereocenters. The molecule has 0 aliphatic carbocycles. The second-order valence-electron chi connectivity index (χ2n) is 4.73. The van der Waals surface area contributed by atoms with Gasteiger partial charge in [-0.05, 0) is 12.5 Å². The maximum Gasteiger partial charge on any atom is 0.231 e. The molecule has 3 rings (SSSR count). The summed E-state index contributed by atoms with van der Waals surface area (Å²) in [6.45, 7) is 1.05. The van der Waals surface area contributed by atoms with E-state index in [0.29, 0.717) is 13.2 Å². The molecule has 0 spiro atoms. The molecule has 1 aliphatic heterocycles. The van der Waals surface area contributed by atoms with Gasteiger partial charge in [0, 0.05) is 18.5 Å². The van der Waals surface area contributed by atoms with Crippen LogP contribution in [0.25, 0.3) is 0 Å². The van der Waals surface area contributed by atoms with E-state index in [1.54, 1.807) is 0 Å². The second-order valence-corrected chi connectivity index (χ2v) is 4.73. The van der Waals surface area contributed by atoms with E-state index in [9.17, 15) is 4.79 Å². The van der Waals surface area contributed by atoms with Gasteiger partial charge in [0.05, 0.1) is 0 Å². The Hall–Kier alpha value is -2.37. The number of nitrogens with zero attached hydrogens (tertiary/aromatic N) is 2. The number of para-hydroxylation sites is 1. The number of hydrogen-bond acceptors (Lipinski definition) is 4. The third-order valence-corrected chi connectivity index (χ3v) is 3.37. The number of amides is 1. The van der Waals surface area contributed by atoms with Crippen molar-refractivity contribution in [3.8, 4) is 5.75 Å². The van der Waals surface area contributed by atoms with Crippen molar-refractivity contribution in [2.75, 3.05) is 13.2 Å². The van der Waals surface area contributed by atoms with Gasteiger partial charge in [-0.2, -0.15) is 5.10 Å². The first-order chi connectivity index (χ1) is 9.84. The van der Waals surface area contributed by atoms with Gasteiger partial charge >= 0.3 is 0 Å². The molecular weight excluding hydrogens is 256 g/mol. The van der Waals surface area contributed by atoms with Crippen molar-refractivity contribution in [3.05, 3.63) is 42.0 Å². The van der Waals surface area contributed by atoms with Gasteiger partial charge in [0.25, 0.3) is 0 Å². The molecule has 0 saturated carbocycles. The molecule has 0 radical (unpaired) electrons. The second kappa shape index (κ2) is 5.73. The maximum atomic E-state index is 12.1. The lowest BCUT2D eigenvalue weighted by molar-refractivity contribution is -0.122. The molecule has 1 unspecified atom stereocenters. The highest BCUT2D eigenvalue weighted by Crippen LogP contribution is 2.33. The Morgan fingerprint density at radius 1 is 1.45 bits per heavy atom. The molecule has 2 N–H and O–H groups in total. The standard InChI is InChI=1S/C14H16N4O2/c19-14(15-7-3-6-13-16-9-17-18-13)11-8-20-12-5-2-1-4-10(11)12/h1-2,4-5,9,11H,3,6-8H2,(H,15,19)(H,16,17,18). The van der Waals surface area contributed by atoms with Crippen molar-refractivity contribution in [1.82, 2.24) is 20.5 Å². The van der Waals surface area contributed by atoms with Crippen molar-refractivity contribution in [2.24, 2.45) is 0 Å². The number of nitrogens with one attached hydrogen (secondary N) is 2. The number of aryl methyl sites for hydroxylation is 1. The molecule has 0 bridgehead atoms. The minimum atomic E-state index is -0.198. The summed E-state index contributed by atoms with van der Waals surface area (Å²) in [5.41, 5.74) is 0.972. The van der Waals surface area contributed by atoms with Gasteiger partial charge in [-0.1, -0.05) is 18.2 Å². The lowest BCUT2D eigenvalue weighted by Gasteiger charge is -2.09. The summed E-state index contributed by atoms with van der Waals surface area (Å²) in [6, 6.07) is 7.68. The first-order valence-corrected chi connectivity index (χ1v) is 6.68. The van der Waals surface area contributed by atoms with Crippen LogP contribution >= 0.6 is 0 Å². The van der Waals surface area contributed by atoms with Crippen molar-refractivity contribution in [1.29, 1.82) is 0 Å². The third-order valence-electron chi connectivity index (χ3n) is 3.37. The Kier molecular flexibility index (Phi) is 3.62. The quantitative estimate of drug-likeness (QED) is 0.797. The van der Waals surface area contributed by atoms with E-state index in [1.165, 1.54) is 6.33 Å². The van der Waals surface area contributed by atoms with Gasteiger partial charge in [-0.15, -0.1) is 0 Å². The Morgan fingerprint density at radius 2 is 2.35 bits per heavy atom. The SMILES string of the molecule is O=C(NCCCc1ncn[nH]1)C1COc2ccccc21. The van der Waals surface area contributed by atoms with Gasteiger partial charge in [-0.25, -0.2) is 4.98 Å². The molecule has 0 saturated heterocycles. The molecule has 2 heterocycles. The molecule has 1 amide bonds. The van der Waals surface area contributed by atoms with E-state index in [-0.39, 0.29) is 11.8 Å². The molecule has 1 aromatic carbocycles. The first kappa shape index (κ1) is 12.7. The van der Waals surface area contributed by atoms with E-state index >= 15 is 0 Å². The number of rotatable bonds is 5. The number of carbonyl (C=O) groups is 1. The summed E-state index contributed by atoms with van der Waals surface area (Å²) in [4.78, 5) is 16.2. The number of hydrogen-bond donors (Lipinski definition) is 2. The largest absolute Gasteiger partial charge is 0.492 e. The van der Waals surface area contributed by atoms with Crippen LogP contribution in [0.5, 0.6) is 5.75 Å². The summed E-state index contributed by atoms with van der Waals surface area (Å²) >= 11 is 0. The van der Waals surface area contributed by atoms with Crippen LogP contribution in [0, 0.1) is 0 Å². The zero-order valence-corrected chi connectivity index (χ0v) is 11.0. The number of H-pyrrole nitrogens is 1. The Morgan fingerprint density at radius 3 is 3.20 bits per heavy atom. The lowest BCUT2D eigenvalue weighted by Crippen LogP contribution is -2.31. The average Bonchev–Trinajstić information content (AvgIpc) is 3.12. The molecular formula is C14H16N4O2. The Labute approximate surface area is 116 Å². The van der Waals surface area contributed by atoms with Gasteiger partial charge < -0.3 is 10.1 Å². The van der Waals surface area contributed by atoms with Crippen molar-refractivity contribution in [2.45, 2.75) is 18.8 Å². The summed E-state index contributed by atoms with van der Waals surface area (Å²) < 4.78 is 5.51. The number of aromatic amines is 1. The zero-order chi connectivity index (χ0) is 13.8. The highest BCUT2D eigenvalue weighted by atomic mass is 16.5. The number of aromatic nitrogens is 3. The lowest BCUT2D eigenvalue weighted by atomic mass is 10.0. The summed E-state index contributed by atoms with van der Waals surface area (Å²) in [6.07, 6.45) is 3.09. The van der Waals surface area contributed by atoms with E-state index in [2.05, 4.69) is 20.5 Å². The number of benzene rings is 1. The first-order valence-electron chi connectivity index (χ1n) is 6.68. The van der Waals surface area contributed by atoms with Gasteiger partial charge in [0.1, 0.15) is 30.4 Å². The van der Waals surface area contributed by atoms with Crippen molar-refractivity contribution in [3.63, 3.8) is 0 Å². The minimum absolute atomic E-state index is 0.0209. The fraction of sp³-hybridized carbons (Fsp3) is 0.357. The van der Waals surface area contributed by atoms with Crippen LogP contribution in [0.1, 0.15) is 23.7 Å². The molecule has 1 aromatic heterocycles. The van der Waals surface area contributed by atoms with Crippen LogP contribution in [0.4, 0.5) is 0 Å². The smallest absolute Gasteiger partial charge is 0.231 e. The zero-order valence-electron chi connectivity index (χ0n) is 11.0. The fourth-order valence-corrected chi connectivity index (χ4v) is 2.32. The maximum absolute atomic E-state index is 12.1. The average molecular weight is 272 g/mol. The molecule has 20 heavy (non-hydrogen) atoms. The topological polar surface area (TPSA) is 79.9 Å². The van der Waals surface area contributed by atoms with Crippen molar-refractivity contribution >= 4 is 5.91 Å². The number of ether oxygens (including phenoxy) is 1. The molecule has 0 fully saturated rings. The summed E-state index contributed by atoms with van der Waals surface area (Å²) in [7, 11) is 0. The van der Waals surface area contributed by atoms with E-state index in [0.717, 1.165) is 30.0 Å². The predicted octanol–water partition coefficient (Wildman–Crippen LogP) is 1.03. The van der Waals surface area contributed by atoms with Gasteiger partial charge in [0.2, 0.25) is 5.91 Å². The highest BCUT2D eigenvalue weighted by molar-refractivity contribution is 5.85. The van der Waals surface area contributed by atoms with Crippen LogP contribution < -0.4 is 10.1 Å². The van der Waals surface area contributed by atoms with E-state index in [1.807, 2.05) is 24.3 Å². The Bertz CT molecular complexity index is 583. The third kappa shape index (κ3) is 2.64. The number of fused-ring (bicyclic) bond motifs is 1. The fourth-order valence-electron chi connectivity index (χ4n) is 2.32. The van der Waals surface area contributed by atoms with Crippen LogP contribution in [0.3, 0.4) is 0 Å². The monoisotopic (exact) mass is 272 g/mol. The van der Waals surface area contributed by atoms with Crippen LogP contribution in [0.15, 0.2) is 30.6 Å². The predicted molar refractivity (Wildman–Crippen MR) is 72.4 cm³/mol. The van der Waals surface area contributed by atoms with E-state index < -0.39 is 0 Å². The van der Waals surface area contributed by atoms with Crippen LogP contribution in [-0.2, 0) is 11.2 Å². The van der Waals surface area contributed by atoms with Gasteiger partial charge in [0.15, 0.2) is 0 Å². The minimum Gasteiger partial charge on any atom is -0.492 e. The molecule has 1 aliphatic rings. The van der Waals surface area contributed by atoms with Gasteiger partial charge in [-0.3, -0.25) is 9.89 Å². The summed E-state index contributed by atoms with van der Waals surface area (Å²) in [5.74, 6) is 1.48. The molecule has 6 nitrogen and oxygen atoms in total. The van der Waals surface area contributed by atoms with Crippen LogP contribution in [-0.4, -0.2) is 34.2 Å². The Balaban J connectivity index is 1.48.